The molecule has 1 fully saturated rings. The number of nitrogens with one attached hydrogen (secondary N) is 1. The van der Waals surface area contributed by atoms with Gasteiger partial charge in [0.15, 0.2) is 0 Å². The second-order valence-corrected chi connectivity index (χ2v) is 7.11. The monoisotopic (exact) mass is 337 g/mol. The first-order valence-electron chi connectivity index (χ1n) is 8.49. The first kappa shape index (κ1) is 18.2. The molecule has 1 heterocycles. The third-order valence-corrected chi connectivity index (χ3v) is 4.82. The molecule has 0 saturated carbocycles. The third-order valence-electron chi connectivity index (χ3n) is 4.49. The SMILES string of the molecule is CC(C)CCN1CCN(C(C)C(=O)Nc2ccccc2Cl)CC1. The molecule has 1 aromatic rings. The van der Waals surface area contributed by atoms with Crippen LogP contribution in [0, 0.1) is 5.92 Å². The Balaban J connectivity index is 1.81. The van der Waals surface area contributed by atoms with Crippen LogP contribution < -0.4 is 5.32 Å². The quantitative estimate of drug-likeness (QED) is 0.864. The first-order chi connectivity index (χ1) is 11.0. The van der Waals surface area contributed by atoms with Gasteiger partial charge in [-0.05, 0) is 37.9 Å². The molecule has 1 unspecified atom stereocenters. The topological polar surface area (TPSA) is 35.6 Å². The molecule has 0 aliphatic carbocycles. The van der Waals surface area contributed by atoms with E-state index < -0.39 is 0 Å². The number of hydrogen-bond acceptors (Lipinski definition) is 3. The van der Waals surface area contributed by atoms with Crippen molar-refractivity contribution in [2.45, 2.75) is 33.2 Å². The van der Waals surface area contributed by atoms with E-state index in [2.05, 4.69) is 29.0 Å². The van der Waals surface area contributed by atoms with Crippen molar-refractivity contribution in [3.05, 3.63) is 29.3 Å². The highest BCUT2D eigenvalue weighted by atomic mass is 35.5. The number of nitrogens with zero attached hydrogens (tertiary/aromatic N) is 2. The van der Waals surface area contributed by atoms with Gasteiger partial charge in [0.05, 0.1) is 16.8 Å². The highest BCUT2D eigenvalue weighted by molar-refractivity contribution is 6.33. The van der Waals surface area contributed by atoms with Crippen molar-refractivity contribution >= 4 is 23.2 Å². The van der Waals surface area contributed by atoms with Crippen LogP contribution in [0.4, 0.5) is 5.69 Å². The minimum atomic E-state index is -0.140. The van der Waals surface area contributed by atoms with Crippen molar-refractivity contribution in [2.75, 3.05) is 38.0 Å². The number of carbonyl (C=O) groups is 1. The lowest BCUT2D eigenvalue weighted by atomic mass is 10.1. The molecule has 4 nitrogen and oxygen atoms in total. The highest BCUT2D eigenvalue weighted by Crippen LogP contribution is 2.21. The van der Waals surface area contributed by atoms with Crippen LogP contribution in [0.25, 0.3) is 0 Å². The summed E-state index contributed by atoms with van der Waals surface area (Å²) in [4.78, 5) is 17.2. The van der Waals surface area contributed by atoms with Gasteiger partial charge < -0.3 is 10.2 Å². The molecule has 1 amide bonds. The van der Waals surface area contributed by atoms with Crippen LogP contribution >= 0.6 is 11.6 Å². The minimum absolute atomic E-state index is 0.00808. The summed E-state index contributed by atoms with van der Waals surface area (Å²) in [7, 11) is 0. The molecule has 1 saturated heterocycles. The molecule has 1 aliphatic rings. The summed E-state index contributed by atoms with van der Waals surface area (Å²) in [6.45, 7) is 11.6. The molecule has 1 aromatic carbocycles. The summed E-state index contributed by atoms with van der Waals surface area (Å²) < 4.78 is 0. The number of halogens is 1. The van der Waals surface area contributed by atoms with Gasteiger partial charge in [0.2, 0.25) is 5.91 Å². The zero-order valence-electron chi connectivity index (χ0n) is 14.4. The Labute approximate surface area is 144 Å². The molecule has 128 valence electrons. The Morgan fingerprint density at radius 2 is 1.83 bits per heavy atom. The van der Waals surface area contributed by atoms with E-state index in [9.17, 15) is 4.79 Å². The predicted octanol–water partition coefficient (Wildman–Crippen LogP) is 3.33. The molecular weight excluding hydrogens is 310 g/mol. The van der Waals surface area contributed by atoms with E-state index in [0.717, 1.165) is 38.6 Å². The fourth-order valence-corrected chi connectivity index (χ4v) is 2.96. The van der Waals surface area contributed by atoms with E-state index in [1.807, 2.05) is 25.1 Å². The zero-order valence-corrected chi connectivity index (χ0v) is 15.1. The second-order valence-electron chi connectivity index (χ2n) is 6.71. The number of amides is 1. The molecule has 2 rings (SSSR count). The first-order valence-corrected chi connectivity index (χ1v) is 8.87. The van der Waals surface area contributed by atoms with E-state index in [1.54, 1.807) is 6.07 Å². The van der Waals surface area contributed by atoms with E-state index in [1.165, 1.54) is 6.42 Å². The van der Waals surface area contributed by atoms with Gasteiger partial charge in [0, 0.05) is 26.2 Å². The molecule has 1 atom stereocenters. The number of carbonyl (C=O) groups excluding carboxylic acids is 1. The summed E-state index contributed by atoms with van der Waals surface area (Å²) in [6.07, 6.45) is 1.24. The van der Waals surface area contributed by atoms with Gasteiger partial charge >= 0.3 is 0 Å². The number of anilines is 1. The van der Waals surface area contributed by atoms with Crippen molar-refractivity contribution in [1.29, 1.82) is 0 Å². The second kappa shape index (κ2) is 8.67. The number of rotatable bonds is 6. The van der Waals surface area contributed by atoms with Crippen LogP contribution in [-0.2, 0) is 4.79 Å². The number of piperazine rings is 1. The van der Waals surface area contributed by atoms with E-state index in [4.69, 9.17) is 11.6 Å². The van der Waals surface area contributed by atoms with Crippen LogP contribution in [0.1, 0.15) is 27.2 Å². The summed E-state index contributed by atoms with van der Waals surface area (Å²) in [5, 5.41) is 3.51. The maximum absolute atomic E-state index is 12.4. The molecular formula is C18H28ClN3O. The van der Waals surface area contributed by atoms with E-state index in [-0.39, 0.29) is 11.9 Å². The fourth-order valence-electron chi connectivity index (χ4n) is 2.78. The largest absolute Gasteiger partial charge is 0.323 e. The summed E-state index contributed by atoms with van der Waals surface area (Å²) in [5.41, 5.74) is 0.682. The average molecular weight is 338 g/mol. The van der Waals surface area contributed by atoms with Crippen molar-refractivity contribution in [2.24, 2.45) is 5.92 Å². The lowest BCUT2D eigenvalue weighted by Gasteiger charge is -2.37. The molecule has 0 aromatic heterocycles. The van der Waals surface area contributed by atoms with Crippen LogP contribution in [0.3, 0.4) is 0 Å². The van der Waals surface area contributed by atoms with Crippen molar-refractivity contribution < 1.29 is 4.79 Å². The Hall–Kier alpha value is -1.10. The van der Waals surface area contributed by atoms with Gasteiger partial charge in [-0.3, -0.25) is 9.69 Å². The molecule has 0 radical (unpaired) electrons. The Kier molecular flexibility index (Phi) is 6.88. The summed E-state index contributed by atoms with van der Waals surface area (Å²) in [5.74, 6) is 0.752. The van der Waals surface area contributed by atoms with Gasteiger partial charge in [-0.15, -0.1) is 0 Å². The number of benzene rings is 1. The van der Waals surface area contributed by atoms with Crippen LogP contribution in [0.2, 0.25) is 5.02 Å². The molecule has 5 heteroatoms. The highest BCUT2D eigenvalue weighted by Gasteiger charge is 2.25. The standard InChI is InChI=1S/C18H28ClN3O/c1-14(2)8-9-21-10-12-22(13-11-21)15(3)18(23)20-17-7-5-4-6-16(17)19/h4-7,14-15H,8-13H2,1-3H3,(H,20,23). The third kappa shape index (κ3) is 5.48. The van der Waals surface area contributed by atoms with Gasteiger partial charge in [-0.25, -0.2) is 0 Å². The summed E-state index contributed by atoms with van der Waals surface area (Å²) >= 11 is 6.10. The number of para-hydroxylation sites is 1. The predicted molar refractivity (Wildman–Crippen MR) is 97.0 cm³/mol. The van der Waals surface area contributed by atoms with Crippen LogP contribution in [-0.4, -0.2) is 54.5 Å². The Bertz CT molecular complexity index is 513. The van der Waals surface area contributed by atoms with Crippen molar-refractivity contribution in [3.8, 4) is 0 Å². The molecule has 0 bridgehead atoms. The smallest absolute Gasteiger partial charge is 0.241 e. The van der Waals surface area contributed by atoms with Gasteiger partial charge in [0.25, 0.3) is 0 Å². The molecule has 1 aliphatic heterocycles. The van der Waals surface area contributed by atoms with E-state index >= 15 is 0 Å². The Morgan fingerprint density at radius 3 is 2.43 bits per heavy atom. The maximum atomic E-state index is 12.4. The molecule has 1 N–H and O–H groups in total. The lowest BCUT2D eigenvalue weighted by molar-refractivity contribution is -0.121. The average Bonchev–Trinajstić information content (AvgIpc) is 2.54. The van der Waals surface area contributed by atoms with Gasteiger partial charge in [-0.2, -0.15) is 0 Å². The minimum Gasteiger partial charge on any atom is -0.323 e. The number of hydrogen-bond donors (Lipinski definition) is 1. The van der Waals surface area contributed by atoms with Crippen molar-refractivity contribution in [1.82, 2.24) is 9.80 Å². The Morgan fingerprint density at radius 1 is 1.17 bits per heavy atom. The van der Waals surface area contributed by atoms with Gasteiger partial charge in [-0.1, -0.05) is 37.6 Å². The zero-order chi connectivity index (χ0) is 16.8. The van der Waals surface area contributed by atoms with Crippen LogP contribution in [0.15, 0.2) is 24.3 Å². The molecule has 0 spiro atoms. The van der Waals surface area contributed by atoms with E-state index in [0.29, 0.717) is 10.7 Å². The molecule has 23 heavy (non-hydrogen) atoms. The summed E-state index contributed by atoms with van der Waals surface area (Å²) in [6, 6.07) is 7.21. The van der Waals surface area contributed by atoms with Crippen LogP contribution in [0.5, 0.6) is 0 Å². The van der Waals surface area contributed by atoms with Gasteiger partial charge in [0.1, 0.15) is 0 Å². The normalized spacial score (nSPS) is 18.1. The fraction of sp³-hybridized carbons (Fsp3) is 0.611. The lowest BCUT2D eigenvalue weighted by Crippen LogP contribution is -2.52. The van der Waals surface area contributed by atoms with Crippen molar-refractivity contribution in [3.63, 3.8) is 0 Å². The maximum Gasteiger partial charge on any atom is 0.241 e.